The first-order chi connectivity index (χ1) is 11.6. The zero-order valence-electron chi connectivity index (χ0n) is 14.0. The maximum absolute atomic E-state index is 13.0. The van der Waals surface area contributed by atoms with Crippen LogP contribution in [0.5, 0.6) is 0 Å². The van der Waals surface area contributed by atoms with Crippen molar-refractivity contribution in [3.8, 4) is 11.4 Å². The van der Waals surface area contributed by atoms with E-state index in [-0.39, 0.29) is 23.7 Å². The van der Waals surface area contributed by atoms with Crippen LogP contribution in [0.15, 0.2) is 28.8 Å². The highest BCUT2D eigenvalue weighted by atomic mass is 19.1. The van der Waals surface area contributed by atoms with Crippen molar-refractivity contribution in [1.29, 1.82) is 0 Å². The molecule has 6 heteroatoms. The van der Waals surface area contributed by atoms with Crippen LogP contribution in [0, 0.1) is 11.7 Å². The lowest BCUT2D eigenvalue weighted by molar-refractivity contribution is -0.134. The van der Waals surface area contributed by atoms with Gasteiger partial charge in [0.15, 0.2) is 0 Å². The fourth-order valence-electron chi connectivity index (χ4n) is 2.62. The smallest absolute Gasteiger partial charge is 0.228 e. The minimum atomic E-state index is -0.301. The van der Waals surface area contributed by atoms with Crippen molar-refractivity contribution in [3.05, 3.63) is 36.0 Å². The van der Waals surface area contributed by atoms with E-state index in [4.69, 9.17) is 4.52 Å². The molecule has 1 heterocycles. The van der Waals surface area contributed by atoms with Crippen molar-refractivity contribution < 1.29 is 13.7 Å². The molecule has 0 saturated heterocycles. The first kappa shape index (κ1) is 16.6. The molecule has 3 rings (SSSR count). The Labute approximate surface area is 140 Å². The first-order valence-electron chi connectivity index (χ1n) is 8.47. The monoisotopic (exact) mass is 331 g/mol. The van der Waals surface area contributed by atoms with Gasteiger partial charge in [-0.05, 0) is 50.5 Å². The van der Waals surface area contributed by atoms with Crippen LogP contribution in [0.25, 0.3) is 11.4 Å². The van der Waals surface area contributed by atoms with E-state index in [0.29, 0.717) is 30.2 Å². The summed E-state index contributed by atoms with van der Waals surface area (Å²) in [7, 11) is 0. The fraction of sp³-hybridized carbons (Fsp3) is 0.500. The largest absolute Gasteiger partial charge is 0.339 e. The SMILES string of the molecule is CC[C@@H](C)N(CCc1nc(-c2ccc(F)cc2)no1)C(=O)C1CC1. The molecule has 0 N–H and O–H groups in total. The van der Waals surface area contributed by atoms with Crippen LogP contribution in [0.2, 0.25) is 0 Å². The number of benzene rings is 1. The number of halogens is 1. The normalized spacial score (nSPS) is 15.3. The number of carbonyl (C=O) groups excluding carboxylic acids is 1. The third kappa shape index (κ3) is 3.80. The molecule has 0 unspecified atom stereocenters. The van der Waals surface area contributed by atoms with Gasteiger partial charge in [0.25, 0.3) is 0 Å². The highest BCUT2D eigenvalue weighted by Crippen LogP contribution is 2.32. The predicted octanol–water partition coefficient (Wildman–Crippen LogP) is 3.46. The summed E-state index contributed by atoms with van der Waals surface area (Å²) < 4.78 is 18.2. The number of nitrogens with zero attached hydrogens (tertiary/aromatic N) is 3. The van der Waals surface area contributed by atoms with Gasteiger partial charge in [-0.2, -0.15) is 4.98 Å². The summed E-state index contributed by atoms with van der Waals surface area (Å²) in [6.07, 6.45) is 3.45. The topological polar surface area (TPSA) is 59.2 Å². The van der Waals surface area contributed by atoms with Crippen LogP contribution in [0.3, 0.4) is 0 Å². The van der Waals surface area contributed by atoms with Crippen molar-refractivity contribution in [3.63, 3.8) is 0 Å². The first-order valence-corrected chi connectivity index (χ1v) is 8.47. The number of hydrogen-bond acceptors (Lipinski definition) is 4. The standard InChI is InChI=1S/C18H22FN3O2/c1-3-12(2)22(18(23)14-4-5-14)11-10-16-20-17(21-24-16)13-6-8-15(19)9-7-13/h6-9,12,14H,3-5,10-11H2,1-2H3/t12-/m1/s1. The second-order valence-electron chi connectivity index (χ2n) is 6.33. The predicted molar refractivity (Wildman–Crippen MR) is 87.6 cm³/mol. The molecule has 1 saturated carbocycles. The van der Waals surface area contributed by atoms with Gasteiger partial charge in [0.1, 0.15) is 5.82 Å². The average Bonchev–Trinajstić information content (AvgIpc) is 3.34. The van der Waals surface area contributed by atoms with Gasteiger partial charge in [0.05, 0.1) is 0 Å². The summed E-state index contributed by atoms with van der Waals surface area (Å²) in [5, 5.41) is 3.94. The van der Waals surface area contributed by atoms with Crippen LogP contribution in [0.4, 0.5) is 4.39 Å². The Morgan fingerprint density at radius 1 is 1.38 bits per heavy atom. The molecule has 1 fully saturated rings. The highest BCUT2D eigenvalue weighted by Gasteiger charge is 2.34. The van der Waals surface area contributed by atoms with E-state index in [2.05, 4.69) is 24.0 Å². The molecule has 24 heavy (non-hydrogen) atoms. The molecular formula is C18H22FN3O2. The van der Waals surface area contributed by atoms with E-state index in [1.165, 1.54) is 12.1 Å². The third-order valence-corrected chi connectivity index (χ3v) is 4.47. The summed E-state index contributed by atoms with van der Waals surface area (Å²) in [6, 6.07) is 6.17. The van der Waals surface area contributed by atoms with Crippen LogP contribution < -0.4 is 0 Å². The van der Waals surface area contributed by atoms with Gasteiger partial charge in [-0.3, -0.25) is 4.79 Å². The van der Waals surface area contributed by atoms with Crippen molar-refractivity contribution in [1.82, 2.24) is 15.0 Å². The van der Waals surface area contributed by atoms with Crippen molar-refractivity contribution >= 4 is 5.91 Å². The molecule has 2 aromatic rings. The van der Waals surface area contributed by atoms with E-state index in [9.17, 15) is 9.18 Å². The quantitative estimate of drug-likeness (QED) is 0.779. The molecule has 1 amide bonds. The average molecular weight is 331 g/mol. The zero-order valence-corrected chi connectivity index (χ0v) is 14.0. The van der Waals surface area contributed by atoms with Gasteiger partial charge in [-0.25, -0.2) is 4.39 Å². The molecule has 128 valence electrons. The van der Waals surface area contributed by atoms with Gasteiger partial charge < -0.3 is 9.42 Å². The van der Waals surface area contributed by atoms with E-state index < -0.39 is 0 Å². The van der Waals surface area contributed by atoms with Crippen LogP contribution in [0.1, 0.15) is 39.0 Å². The van der Waals surface area contributed by atoms with Gasteiger partial charge in [-0.15, -0.1) is 0 Å². The van der Waals surface area contributed by atoms with Crippen molar-refractivity contribution in [2.24, 2.45) is 5.92 Å². The third-order valence-electron chi connectivity index (χ3n) is 4.47. The number of carbonyl (C=O) groups is 1. The van der Waals surface area contributed by atoms with E-state index in [1.54, 1.807) is 12.1 Å². The Bertz CT molecular complexity index is 695. The lowest BCUT2D eigenvalue weighted by Gasteiger charge is -2.28. The Morgan fingerprint density at radius 3 is 2.71 bits per heavy atom. The van der Waals surface area contributed by atoms with Crippen molar-refractivity contribution in [2.75, 3.05) is 6.54 Å². The molecule has 0 aliphatic heterocycles. The highest BCUT2D eigenvalue weighted by molar-refractivity contribution is 5.81. The fourth-order valence-corrected chi connectivity index (χ4v) is 2.62. The molecule has 0 bridgehead atoms. The van der Waals surface area contributed by atoms with E-state index in [1.807, 2.05) is 4.90 Å². The molecule has 1 atom stereocenters. The lowest BCUT2D eigenvalue weighted by Crippen LogP contribution is -2.40. The Hall–Kier alpha value is -2.24. The van der Waals surface area contributed by atoms with Crippen molar-refractivity contribution in [2.45, 2.75) is 45.6 Å². The summed E-state index contributed by atoms with van der Waals surface area (Å²) in [5.41, 5.74) is 0.708. The molecule has 0 spiro atoms. The molecule has 1 aliphatic carbocycles. The Morgan fingerprint density at radius 2 is 2.08 bits per heavy atom. The number of hydrogen-bond donors (Lipinski definition) is 0. The molecule has 5 nitrogen and oxygen atoms in total. The van der Waals surface area contributed by atoms with E-state index in [0.717, 1.165) is 19.3 Å². The van der Waals surface area contributed by atoms with Crippen LogP contribution >= 0.6 is 0 Å². The zero-order chi connectivity index (χ0) is 17.1. The van der Waals surface area contributed by atoms with Gasteiger partial charge in [-0.1, -0.05) is 12.1 Å². The molecule has 0 radical (unpaired) electrons. The van der Waals surface area contributed by atoms with Crippen LogP contribution in [-0.2, 0) is 11.2 Å². The Kier molecular flexibility index (Phi) is 4.92. The molecule has 1 aromatic heterocycles. The molecular weight excluding hydrogens is 309 g/mol. The van der Waals surface area contributed by atoms with Gasteiger partial charge in [0, 0.05) is 30.5 Å². The Balaban J connectivity index is 1.64. The number of amides is 1. The minimum Gasteiger partial charge on any atom is -0.339 e. The summed E-state index contributed by atoms with van der Waals surface area (Å²) in [4.78, 5) is 18.7. The minimum absolute atomic E-state index is 0.205. The molecule has 1 aliphatic rings. The van der Waals surface area contributed by atoms with E-state index >= 15 is 0 Å². The summed E-state index contributed by atoms with van der Waals surface area (Å²) >= 11 is 0. The number of aromatic nitrogens is 2. The maximum Gasteiger partial charge on any atom is 0.228 e. The summed E-state index contributed by atoms with van der Waals surface area (Å²) in [5.74, 6) is 1.07. The van der Waals surface area contributed by atoms with Gasteiger partial charge in [0.2, 0.25) is 17.6 Å². The second kappa shape index (κ2) is 7.11. The second-order valence-corrected chi connectivity index (χ2v) is 6.33. The summed E-state index contributed by atoms with van der Waals surface area (Å²) in [6.45, 7) is 4.73. The number of rotatable bonds is 7. The maximum atomic E-state index is 13.0. The lowest BCUT2D eigenvalue weighted by atomic mass is 10.2. The molecule has 1 aromatic carbocycles. The van der Waals surface area contributed by atoms with Gasteiger partial charge >= 0.3 is 0 Å². The van der Waals surface area contributed by atoms with Crippen LogP contribution in [-0.4, -0.2) is 33.5 Å².